The smallest absolute Gasteiger partial charge is 0.305 e. The van der Waals surface area contributed by atoms with E-state index in [-0.39, 0.29) is 11.8 Å². The second-order valence-corrected chi connectivity index (χ2v) is 4.80. The molecule has 0 amide bonds. The van der Waals surface area contributed by atoms with E-state index in [1.807, 2.05) is 6.92 Å². The number of hydrogen-bond donors (Lipinski definition) is 0. The Morgan fingerprint density at radius 2 is 2.12 bits per heavy atom. The van der Waals surface area contributed by atoms with E-state index < -0.39 is 0 Å². The molecule has 4 heteroatoms. The summed E-state index contributed by atoms with van der Waals surface area (Å²) in [6.45, 7) is 3.68. The van der Waals surface area contributed by atoms with Gasteiger partial charge in [-0.25, -0.2) is 0 Å². The molecular formula is C13H22O4. The molecule has 1 atom stereocenters. The molecule has 2 aliphatic rings. The van der Waals surface area contributed by atoms with Crippen molar-refractivity contribution in [1.29, 1.82) is 0 Å². The molecule has 1 heterocycles. The molecule has 0 aromatic heterocycles. The molecule has 0 aromatic rings. The second-order valence-electron chi connectivity index (χ2n) is 4.80. The highest BCUT2D eigenvalue weighted by atomic mass is 16.7. The SMILES string of the molecule is CCOC(=O)CCC1CCCCC12OCCO2. The monoisotopic (exact) mass is 242 g/mol. The molecule has 1 spiro atoms. The predicted molar refractivity (Wildman–Crippen MR) is 62.5 cm³/mol. The van der Waals surface area contributed by atoms with Gasteiger partial charge in [0.25, 0.3) is 0 Å². The Morgan fingerprint density at radius 1 is 1.35 bits per heavy atom. The summed E-state index contributed by atoms with van der Waals surface area (Å²) in [5, 5.41) is 0. The summed E-state index contributed by atoms with van der Waals surface area (Å²) in [5.74, 6) is -0.139. The Morgan fingerprint density at radius 3 is 2.82 bits per heavy atom. The van der Waals surface area contributed by atoms with E-state index in [0.29, 0.717) is 32.2 Å². The molecule has 0 bridgehead atoms. The molecule has 1 saturated heterocycles. The number of carbonyl (C=O) groups is 1. The van der Waals surface area contributed by atoms with E-state index in [9.17, 15) is 4.79 Å². The van der Waals surface area contributed by atoms with Crippen LogP contribution in [-0.2, 0) is 19.0 Å². The molecule has 17 heavy (non-hydrogen) atoms. The van der Waals surface area contributed by atoms with Crippen LogP contribution in [0, 0.1) is 5.92 Å². The quantitative estimate of drug-likeness (QED) is 0.709. The molecule has 1 aliphatic heterocycles. The molecule has 1 saturated carbocycles. The first-order valence-corrected chi connectivity index (χ1v) is 6.70. The minimum atomic E-state index is -0.384. The number of esters is 1. The number of carbonyl (C=O) groups excluding carboxylic acids is 1. The maximum absolute atomic E-state index is 11.4. The maximum Gasteiger partial charge on any atom is 0.305 e. The molecule has 2 rings (SSSR count). The van der Waals surface area contributed by atoms with Crippen LogP contribution < -0.4 is 0 Å². The Labute approximate surface area is 103 Å². The van der Waals surface area contributed by atoms with Gasteiger partial charge in [-0.15, -0.1) is 0 Å². The summed E-state index contributed by atoms with van der Waals surface area (Å²) in [6, 6.07) is 0. The Hall–Kier alpha value is -0.610. The van der Waals surface area contributed by atoms with Crippen molar-refractivity contribution in [2.45, 2.75) is 51.2 Å². The fraction of sp³-hybridized carbons (Fsp3) is 0.923. The largest absolute Gasteiger partial charge is 0.466 e. The van der Waals surface area contributed by atoms with Crippen LogP contribution in [0.5, 0.6) is 0 Å². The minimum absolute atomic E-state index is 0.105. The van der Waals surface area contributed by atoms with Gasteiger partial charge in [0, 0.05) is 18.8 Å². The molecule has 2 fully saturated rings. The van der Waals surface area contributed by atoms with Crippen molar-refractivity contribution >= 4 is 5.97 Å². The summed E-state index contributed by atoms with van der Waals surface area (Å²) >= 11 is 0. The predicted octanol–water partition coefficient (Wildman–Crippen LogP) is 2.26. The molecule has 0 N–H and O–H groups in total. The summed E-state index contributed by atoms with van der Waals surface area (Å²) in [4.78, 5) is 11.4. The zero-order valence-electron chi connectivity index (χ0n) is 10.6. The number of hydrogen-bond acceptors (Lipinski definition) is 4. The molecule has 0 radical (unpaired) electrons. The van der Waals surface area contributed by atoms with E-state index >= 15 is 0 Å². The first-order chi connectivity index (χ1) is 8.27. The van der Waals surface area contributed by atoms with Crippen LogP contribution in [0.4, 0.5) is 0 Å². The average Bonchev–Trinajstić information content (AvgIpc) is 2.78. The lowest BCUT2D eigenvalue weighted by Crippen LogP contribution is -2.42. The molecule has 1 unspecified atom stereocenters. The third-order valence-electron chi connectivity index (χ3n) is 3.73. The first kappa shape index (κ1) is 12.8. The van der Waals surface area contributed by atoms with Gasteiger partial charge in [-0.3, -0.25) is 4.79 Å². The topological polar surface area (TPSA) is 44.8 Å². The van der Waals surface area contributed by atoms with E-state index in [2.05, 4.69) is 0 Å². The summed E-state index contributed by atoms with van der Waals surface area (Å²) in [6.07, 6.45) is 5.74. The lowest BCUT2D eigenvalue weighted by atomic mass is 9.80. The van der Waals surface area contributed by atoms with Crippen molar-refractivity contribution in [3.8, 4) is 0 Å². The van der Waals surface area contributed by atoms with Crippen LogP contribution in [0.15, 0.2) is 0 Å². The molecule has 1 aliphatic carbocycles. The summed E-state index contributed by atoms with van der Waals surface area (Å²) in [7, 11) is 0. The normalized spacial score (nSPS) is 27.2. The Bertz CT molecular complexity index is 258. The highest BCUT2D eigenvalue weighted by Crippen LogP contribution is 2.42. The molecule has 0 aromatic carbocycles. The van der Waals surface area contributed by atoms with Crippen molar-refractivity contribution in [3.63, 3.8) is 0 Å². The third-order valence-corrected chi connectivity index (χ3v) is 3.73. The van der Waals surface area contributed by atoms with Gasteiger partial charge in [0.2, 0.25) is 0 Å². The van der Waals surface area contributed by atoms with E-state index in [1.54, 1.807) is 0 Å². The highest BCUT2D eigenvalue weighted by Gasteiger charge is 2.45. The zero-order valence-corrected chi connectivity index (χ0v) is 10.6. The number of rotatable bonds is 4. The standard InChI is InChI=1S/C13H22O4/c1-2-15-12(14)7-6-11-5-3-4-8-13(11)16-9-10-17-13/h11H,2-10H2,1H3. The highest BCUT2D eigenvalue weighted by molar-refractivity contribution is 5.69. The van der Waals surface area contributed by atoms with E-state index in [4.69, 9.17) is 14.2 Å². The van der Waals surface area contributed by atoms with Crippen molar-refractivity contribution in [2.75, 3.05) is 19.8 Å². The van der Waals surface area contributed by atoms with Crippen molar-refractivity contribution in [1.82, 2.24) is 0 Å². The van der Waals surface area contributed by atoms with Crippen molar-refractivity contribution in [3.05, 3.63) is 0 Å². The molecule has 98 valence electrons. The lowest BCUT2D eigenvalue weighted by Gasteiger charge is -2.39. The maximum atomic E-state index is 11.4. The Kier molecular flexibility index (Phi) is 4.40. The number of ether oxygens (including phenoxy) is 3. The van der Waals surface area contributed by atoms with Gasteiger partial charge in [0.1, 0.15) is 0 Å². The van der Waals surface area contributed by atoms with Crippen LogP contribution in [0.1, 0.15) is 45.4 Å². The van der Waals surface area contributed by atoms with Crippen molar-refractivity contribution in [2.24, 2.45) is 5.92 Å². The lowest BCUT2D eigenvalue weighted by molar-refractivity contribution is -0.214. The van der Waals surface area contributed by atoms with Crippen LogP contribution >= 0.6 is 0 Å². The van der Waals surface area contributed by atoms with Crippen LogP contribution in [0.2, 0.25) is 0 Å². The van der Waals surface area contributed by atoms with Gasteiger partial charge in [0.15, 0.2) is 5.79 Å². The van der Waals surface area contributed by atoms with Crippen molar-refractivity contribution < 1.29 is 19.0 Å². The second kappa shape index (κ2) is 5.83. The fourth-order valence-electron chi connectivity index (χ4n) is 2.93. The average molecular weight is 242 g/mol. The van der Waals surface area contributed by atoms with Crippen LogP contribution in [0.3, 0.4) is 0 Å². The van der Waals surface area contributed by atoms with Gasteiger partial charge >= 0.3 is 5.97 Å². The zero-order chi connectivity index (χ0) is 12.1. The van der Waals surface area contributed by atoms with E-state index in [1.165, 1.54) is 6.42 Å². The Balaban J connectivity index is 1.86. The molecular weight excluding hydrogens is 220 g/mol. The van der Waals surface area contributed by atoms with Crippen LogP contribution in [-0.4, -0.2) is 31.6 Å². The van der Waals surface area contributed by atoms with Gasteiger partial charge in [-0.1, -0.05) is 6.42 Å². The summed E-state index contributed by atoms with van der Waals surface area (Å²) in [5.41, 5.74) is 0. The third kappa shape index (κ3) is 2.99. The van der Waals surface area contributed by atoms with E-state index in [0.717, 1.165) is 25.7 Å². The van der Waals surface area contributed by atoms with Gasteiger partial charge in [-0.05, 0) is 26.2 Å². The molecule has 4 nitrogen and oxygen atoms in total. The first-order valence-electron chi connectivity index (χ1n) is 6.70. The van der Waals surface area contributed by atoms with Gasteiger partial charge in [-0.2, -0.15) is 0 Å². The minimum Gasteiger partial charge on any atom is -0.466 e. The van der Waals surface area contributed by atoms with Gasteiger partial charge in [0.05, 0.1) is 19.8 Å². The van der Waals surface area contributed by atoms with Crippen LogP contribution in [0.25, 0.3) is 0 Å². The van der Waals surface area contributed by atoms with Gasteiger partial charge < -0.3 is 14.2 Å². The fourth-order valence-corrected chi connectivity index (χ4v) is 2.93. The summed E-state index contributed by atoms with van der Waals surface area (Å²) < 4.78 is 16.6.